The van der Waals surface area contributed by atoms with E-state index < -0.39 is 5.97 Å². The molecule has 0 amide bonds. The molecular weight excluding hydrogens is 232 g/mol. The van der Waals surface area contributed by atoms with Gasteiger partial charge in [0.05, 0.1) is 5.69 Å². The minimum Gasteiger partial charge on any atom is -0.476 e. The molecule has 1 heterocycles. The fourth-order valence-corrected chi connectivity index (χ4v) is 1.49. The fraction of sp³-hybridized carbons (Fsp3) is 0.250. The van der Waals surface area contributed by atoms with Crippen molar-refractivity contribution in [1.82, 2.24) is 15.0 Å². The molecule has 1 aromatic carbocycles. The first-order valence-electron chi connectivity index (χ1n) is 5.72. The van der Waals surface area contributed by atoms with E-state index in [1.165, 1.54) is 4.80 Å². The maximum atomic E-state index is 11.1. The number of para-hydroxylation sites is 1. The summed E-state index contributed by atoms with van der Waals surface area (Å²) >= 11 is 0. The van der Waals surface area contributed by atoms with E-state index in [9.17, 15) is 4.79 Å². The van der Waals surface area contributed by atoms with E-state index in [-0.39, 0.29) is 5.69 Å². The summed E-state index contributed by atoms with van der Waals surface area (Å²) in [5.74, 6) is -0.788. The largest absolute Gasteiger partial charge is 0.476 e. The molecular formula is C12H14N4O2. The smallest absolute Gasteiger partial charge is 0.360 e. The van der Waals surface area contributed by atoms with Crippen molar-refractivity contribution in [3.05, 3.63) is 36.0 Å². The summed E-state index contributed by atoms with van der Waals surface area (Å²) in [6, 6.07) is 9.20. The van der Waals surface area contributed by atoms with Crippen molar-refractivity contribution < 1.29 is 9.90 Å². The number of carboxylic acid groups (broad SMARTS) is 1. The predicted octanol–water partition coefficient (Wildman–Crippen LogP) is 1.79. The first-order chi connectivity index (χ1) is 8.72. The van der Waals surface area contributed by atoms with E-state index in [0.29, 0.717) is 12.4 Å². The Kier molecular flexibility index (Phi) is 3.57. The molecule has 0 radical (unpaired) electrons. The van der Waals surface area contributed by atoms with Crippen molar-refractivity contribution in [1.29, 1.82) is 0 Å². The van der Waals surface area contributed by atoms with Crippen LogP contribution in [-0.2, 0) is 0 Å². The Morgan fingerprint density at radius 1 is 1.33 bits per heavy atom. The van der Waals surface area contributed by atoms with Gasteiger partial charge in [0.25, 0.3) is 0 Å². The number of aromatic nitrogens is 3. The second kappa shape index (κ2) is 5.31. The first-order valence-corrected chi connectivity index (χ1v) is 5.72. The van der Waals surface area contributed by atoms with Gasteiger partial charge in [-0.3, -0.25) is 0 Å². The third-order valence-electron chi connectivity index (χ3n) is 2.35. The van der Waals surface area contributed by atoms with Crippen LogP contribution < -0.4 is 5.32 Å². The van der Waals surface area contributed by atoms with Crippen LogP contribution in [0.3, 0.4) is 0 Å². The van der Waals surface area contributed by atoms with Gasteiger partial charge in [0.15, 0.2) is 5.82 Å². The maximum absolute atomic E-state index is 11.1. The van der Waals surface area contributed by atoms with E-state index in [1.807, 2.05) is 37.3 Å². The van der Waals surface area contributed by atoms with Gasteiger partial charge in [0.1, 0.15) is 0 Å². The second-order valence-corrected chi connectivity index (χ2v) is 3.75. The highest BCUT2D eigenvalue weighted by atomic mass is 16.4. The van der Waals surface area contributed by atoms with Crippen molar-refractivity contribution >= 4 is 11.8 Å². The van der Waals surface area contributed by atoms with E-state index in [1.54, 1.807) is 0 Å². The average molecular weight is 246 g/mol. The Hall–Kier alpha value is -2.37. The first kappa shape index (κ1) is 12.1. The molecule has 2 N–H and O–H groups in total. The van der Waals surface area contributed by atoms with Crippen molar-refractivity contribution in [2.75, 3.05) is 11.9 Å². The van der Waals surface area contributed by atoms with Crippen LogP contribution in [0.1, 0.15) is 23.8 Å². The monoisotopic (exact) mass is 246 g/mol. The molecule has 0 fully saturated rings. The molecule has 0 unspecified atom stereocenters. The summed E-state index contributed by atoms with van der Waals surface area (Å²) in [4.78, 5) is 12.4. The zero-order valence-corrected chi connectivity index (χ0v) is 10.00. The summed E-state index contributed by atoms with van der Waals surface area (Å²) in [7, 11) is 0. The predicted molar refractivity (Wildman–Crippen MR) is 67.1 cm³/mol. The van der Waals surface area contributed by atoms with Gasteiger partial charge in [0, 0.05) is 6.54 Å². The lowest BCUT2D eigenvalue weighted by atomic mass is 10.3. The van der Waals surface area contributed by atoms with Gasteiger partial charge in [-0.2, -0.15) is 0 Å². The van der Waals surface area contributed by atoms with Crippen LogP contribution in [0.4, 0.5) is 5.82 Å². The van der Waals surface area contributed by atoms with Crippen molar-refractivity contribution in [3.8, 4) is 5.69 Å². The minimum absolute atomic E-state index is 0.0627. The van der Waals surface area contributed by atoms with Gasteiger partial charge in [-0.15, -0.1) is 15.0 Å². The van der Waals surface area contributed by atoms with E-state index >= 15 is 0 Å². The summed E-state index contributed by atoms with van der Waals surface area (Å²) in [6.07, 6.45) is 0.886. The molecule has 18 heavy (non-hydrogen) atoms. The van der Waals surface area contributed by atoms with Crippen LogP contribution in [0.2, 0.25) is 0 Å². The molecule has 2 aromatic rings. The lowest BCUT2D eigenvalue weighted by Gasteiger charge is -1.99. The SMILES string of the molecule is CCCNc1nn(-c2ccccc2)nc1C(=O)O. The van der Waals surface area contributed by atoms with Crippen LogP contribution in [-0.4, -0.2) is 32.6 Å². The third kappa shape index (κ3) is 2.48. The van der Waals surface area contributed by atoms with E-state index in [0.717, 1.165) is 12.1 Å². The van der Waals surface area contributed by atoms with E-state index in [2.05, 4.69) is 15.5 Å². The summed E-state index contributed by atoms with van der Waals surface area (Å²) in [6.45, 7) is 2.66. The highest BCUT2D eigenvalue weighted by Crippen LogP contribution is 2.13. The zero-order valence-electron chi connectivity index (χ0n) is 10.00. The molecule has 0 aliphatic heterocycles. The Balaban J connectivity index is 2.36. The molecule has 0 spiro atoms. The molecule has 0 saturated carbocycles. The van der Waals surface area contributed by atoms with Gasteiger partial charge in [-0.25, -0.2) is 4.79 Å². The maximum Gasteiger partial charge on any atom is 0.360 e. The Morgan fingerprint density at radius 3 is 2.67 bits per heavy atom. The average Bonchev–Trinajstić information content (AvgIpc) is 2.81. The number of carbonyl (C=O) groups is 1. The van der Waals surface area contributed by atoms with Crippen LogP contribution in [0.5, 0.6) is 0 Å². The van der Waals surface area contributed by atoms with Gasteiger partial charge in [-0.05, 0) is 18.6 Å². The highest BCUT2D eigenvalue weighted by Gasteiger charge is 2.17. The van der Waals surface area contributed by atoms with Gasteiger partial charge < -0.3 is 10.4 Å². The third-order valence-corrected chi connectivity index (χ3v) is 2.35. The van der Waals surface area contributed by atoms with Crippen molar-refractivity contribution in [2.45, 2.75) is 13.3 Å². The topological polar surface area (TPSA) is 80.0 Å². The Morgan fingerprint density at radius 2 is 2.06 bits per heavy atom. The Labute approximate surface area is 104 Å². The Bertz CT molecular complexity index is 536. The van der Waals surface area contributed by atoms with Gasteiger partial charge in [-0.1, -0.05) is 25.1 Å². The lowest BCUT2D eigenvalue weighted by molar-refractivity contribution is 0.0691. The standard InChI is InChI=1S/C12H14N4O2/c1-2-8-13-11-10(12(17)18)14-16(15-11)9-6-4-3-5-7-9/h3-7H,2,8H2,1H3,(H,13,15)(H,17,18). The molecule has 0 bridgehead atoms. The van der Waals surface area contributed by atoms with Crippen LogP contribution in [0, 0.1) is 0 Å². The number of hydrogen-bond donors (Lipinski definition) is 2. The fourth-order valence-electron chi connectivity index (χ4n) is 1.49. The number of benzene rings is 1. The minimum atomic E-state index is -1.09. The van der Waals surface area contributed by atoms with Gasteiger partial charge in [0.2, 0.25) is 5.69 Å². The quantitative estimate of drug-likeness (QED) is 0.840. The number of nitrogens with one attached hydrogen (secondary N) is 1. The summed E-state index contributed by atoms with van der Waals surface area (Å²) < 4.78 is 0. The lowest BCUT2D eigenvalue weighted by Crippen LogP contribution is -2.06. The number of carboxylic acids is 1. The normalized spacial score (nSPS) is 10.3. The number of aromatic carboxylic acids is 1. The van der Waals surface area contributed by atoms with Crippen LogP contribution >= 0.6 is 0 Å². The van der Waals surface area contributed by atoms with Gasteiger partial charge >= 0.3 is 5.97 Å². The molecule has 0 saturated heterocycles. The highest BCUT2D eigenvalue weighted by molar-refractivity contribution is 5.90. The number of rotatable bonds is 5. The number of anilines is 1. The van der Waals surface area contributed by atoms with Crippen LogP contribution in [0.25, 0.3) is 5.69 Å². The second-order valence-electron chi connectivity index (χ2n) is 3.75. The molecule has 0 aliphatic carbocycles. The molecule has 6 nitrogen and oxygen atoms in total. The molecule has 0 atom stereocenters. The molecule has 0 aliphatic rings. The van der Waals surface area contributed by atoms with Crippen molar-refractivity contribution in [2.24, 2.45) is 0 Å². The molecule has 6 heteroatoms. The zero-order chi connectivity index (χ0) is 13.0. The molecule has 2 rings (SSSR count). The van der Waals surface area contributed by atoms with Crippen molar-refractivity contribution in [3.63, 3.8) is 0 Å². The number of nitrogens with zero attached hydrogens (tertiary/aromatic N) is 3. The summed E-state index contributed by atoms with van der Waals surface area (Å²) in [5.41, 5.74) is 0.664. The number of hydrogen-bond acceptors (Lipinski definition) is 4. The van der Waals surface area contributed by atoms with Crippen LogP contribution in [0.15, 0.2) is 30.3 Å². The molecule has 1 aromatic heterocycles. The molecule has 94 valence electrons. The van der Waals surface area contributed by atoms with E-state index in [4.69, 9.17) is 5.11 Å². The summed E-state index contributed by atoms with van der Waals surface area (Å²) in [5, 5.41) is 20.2.